The van der Waals surface area contributed by atoms with E-state index in [9.17, 15) is 14.7 Å². The molecule has 114 valence electrons. The number of rotatable bonds is 4. The molecular weight excluding hydrogens is 292 g/mol. The molecule has 4 heteroatoms. The molecular formula is C19H14O4. The smallest absolute Gasteiger partial charge is 0.201 e. The first kappa shape index (κ1) is 14.8. The fraction of sp³-hybridized carbons (Fsp3) is 0.0526. The van der Waals surface area contributed by atoms with E-state index >= 15 is 0 Å². The van der Waals surface area contributed by atoms with Crippen molar-refractivity contribution in [2.75, 3.05) is 7.11 Å². The van der Waals surface area contributed by atoms with E-state index in [0.29, 0.717) is 16.9 Å². The van der Waals surface area contributed by atoms with E-state index in [1.165, 1.54) is 6.08 Å². The van der Waals surface area contributed by atoms with E-state index < -0.39 is 11.6 Å². The molecule has 0 atom stereocenters. The van der Waals surface area contributed by atoms with Gasteiger partial charge in [0.05, 0.1) is 7.11 Å². The third kappa shape index (κ3) is 2.66. The average molecular weight is 306 g/mol. The van der Waals surface area contributed by atoms with Gasteiger partial charge in [-0.15, -0.1) is 0 Å². The zero-order chi connectivity index (χ0) is 16.4. The van der Waals surface area contributed by atoms with Crippen LogP contribution < -0.4 is 4.74 Å². The lowest BCUT2D eigenvalue weighted by Gasteiger charge is -2.00. The Morgan fingerprint density at radius 1 is 1.09 bits per heavy atom. The van der Waals surface area contributed by atoms with Crippen LogP contribution in [0.2, 0.25) is 0 Å². The average Bonchev–Trinajstić information content (AvgIpc) is 2.84. The van der Waals surface area contributed by atoms with E-state index in [1.807, 2.05) is 6.07 Å². The summed E-state index contributed by atoms with van der Waals surface area (Å²) < 4.78 is 5.12. The molecule has 23 heavy (non-hydrogen) atoms. The van der Waals surface area contributed by atoms with E-state index in [-0.39, 0.29) is 11.3 Å². The van der Waals surface area contributed by atoms with Crippen molar-refractivity contribution < 1.29 is 19.4 Å². The molecule has 2 aromatic rings. The van der Waals surface area contributed by atoms with Gasteiger partial charge in [0, 0.05) is 11.1 Å². The van der Waals surface area contributed by atoms with Crippen molar-refractivity contribution in [3.8, 4) is 5.75 Å². The number of benzene rings is 2. The number of Topliss-reactive ketones (excluding diaryl/α,β-unsaturated/α-hetero) is 1. The number of ether oxygens (including phenoxy) is 1. The first-order chi connectivity index (χ1) is 11.1. The zero-order valence-corrected chi connectivity index (χ0v) is 12.4. The summed E-state index contributed by atoms with van der Waals surface area (Å²) in [6, 6.07) is 13.8. The molecule has 1 aliphatic carbocycles. The molecule has 3 rings (SSSR count). The molecule has 0 saturated heterocycles. The highest BCUT2D eigenvalue weighted by Crippen LogP contribution is 2.31. The molecule has 0 aromatic heterocycles. The highest BCUT2D eigenvalue weighted by molar-refractivity contribution is 6.36. The van der Waals surface area contributed by atoms with Gasteiger partial charge in [0.1, 0.15) is 17.1 Å². The van der Waals surface area contributed by atoms with Gasteiger partial charge in [0.15, 0.2) is 5.78 Å². The predicted molar refractivity (Wildman–Crippen MR) is 87.4 cm³/mol. The summed E-state index contributed by atoms with van der Waals surface area (Å²) in [4.78, 5) is 24.6. The Morgan fingerprint density at radius 3 is 2.52 bits per heavy atom. The predicted octanol–water partition coefficient (Wildman–Crippen LogP) is 3.44. The van der Waals surface area contributed by atoms with Crippen LogP contribution in [0.3, 0.4) is 0 Å². The molecule has 1 N–H and O–H groups in total. The van der Waals surface area contributed by atoms with Crippen molar-refractivity contribution in [2.24, 2.45) is 0 Å². The Hall–Kier alpha value is -3.14. The Bertz CT molecular complexity index is 859. The van der Waals surface area contributed by atoms with Crippen LogP contribution >= 0.6 is 0 Å². The molecule has 1 aliphatic rings. The fourth-order valence-corrected chi connectivity index (χ4v) is 2.49. The van der Waals surface area contributed by atoms with Gasteiger partial charge in [-0.1, -0.05) is 42.5 Å². The second-order valence-corrected chi connectivity index (χ2v) is 5.07. The largest absolute Gasteiger partial charge is 0.506 e. The number of aliphatic hydroxyl groups is 1. The molecule has 0 bridgehead atoms. The van der Waals surface area contributed by atoms with Gasteiger partial charge in [0.25, 0.3) is 0 Å². The van der Waals surface area contributed by atoms with Gasteiger partial charge in [0.2, 0.25) is 5.78 Å². The minimum Gasteiger partial charge on any atom is -0.506 e. The SMILES string of the molecule is COc1cccc(/C=C/C(=O)C2=C(O)c3ccccc3C2=O)c1. The standard InChI is InChI=1S/C19H14O4/c1-23-13-6-4-5-12(11-13)9-10-16(20)17-18(21)14-7-2-3-8-15(14)19(17)22/h2-11,21H,1H3/b10-9+. The van der Waals surface area contributed by atoms with Crippen LogP contribution in [-0.4, -0.2) is 23.8 Å². The number of ketones is 2. The Balaban J connectivity index is 1.88. The molecule has 2 aromatic carbocycles. The van der Waals surface area contributed by atoms with Gasteiger partial charge < -0.3 is 9.84 Å². The van der Waals surface area contributed by atoms with E-state index in [1.54, 1.807) is 55.7 Å². The number of aliphatic hydroxyl groups excluding tert-OH is 1. The van der Waals surface area contributed by atoms with Crippen LogP contribution in [0.15, 0.2) is 60.2 Å². The number of hydrogen-bond donors (Lipinski definition) is 1. The van der Waals surface area contributed by atoms with E-state index in [0.717, 1.165) is 5.56 Å². The number of fused-ring (bicyclic) bond motifs is 1. The third-order valence-electron chi connectivity index (χ3n) is 3.66. The molecule has 4 nitrogen and oxygen atoms in total. The second-order valence-electron chi connectivity index (χ2n) is 5.07. The first-order valence-electron chi connectivity index (χ1n) is 7.05. The minimum atomic E-state index is -0.522. The van der Waals surface area contributed by atoms with Gasteiger partial charge in [-0.05, 0) is 23.8 Å². The van der Waals surface area contributed by atoms with Crippen molar-refractivity contribution in [1.82, 2.24) is 0 Å². The molecule has 0 saturated carbocycles. The summed E-state index contributed by atoms with van der Waals surface area (Å²) in [5.74, 6) is -0.554. The summed E-state index contributed by atoms with van der Waals surface area (Å²) >= 11 is 0. The second kappa shape index (κ2) is 5.93. The van der Waals surface area contributed by atoms with Crippen molar-refractivity contribution in [3.05, 3.63) is 76.9 Å². The summed E-state index contributed by atoms with van der Waals surface area (Å²) in [7, 11) is 1.56. The van der Waals surface area contributed by atoms with Crippen LogP contribution in [-0.2, 0) is 4.79 Å². The van der Waals surface area contributed by atoms with Crippen molar-refractivity contribution in [3.63, 3.8) is 0 Å². The minimum absolute atomic E-state index is 0.189. The van der Waals surface area contributed by atoms with Gasteiger partial charge in [-0.25, -0.2) is 0 Å². The zero-order valence-electron chi connectivity index (χ0n) is 12.4. The lowest BCUT2D eigenvalue weighted by Crippen LogP contribution is -2.08. The first-order valence-corrected chi connectivity index (χ1v) is 7.05. The fourth-order valence-electron chi connectivity index (χ4n) is 2.49. The summed E-state index contributed by atoms with van der Waals surface area (Å²) in [5.41, 5.74) is 1.32. The number of carbonyl (C=O) groups is 2. The Morgan fingerprint density at radius 2 is 1.83 bits per heavy atom. The van der Waals surface area contributed by atoms with Crippen LogP contribution in [0.25, 0.3) is 11.8 Å². The Labute approximate surface area is 133 Å². The lowest BCUT2D eigenvalue weighted by molar-refractivity contribution is -0.110. The van der Waals surface area contributed by atoms with Crippen molar-refractivity contribution in [2.45, 2.75) is 0 Å². The number of allylic oxidation sites excluding steroid dienone is 2. The molecule has 0 heterocycles. The lowest BCUT2D eigenvalue weighted by atomic mass is 10.1. The Kier molecular flexibility index (Phi) is 3.81. The highest BCUT2D eigenvalue weighted by Gasteiger charge is 2.32. The van der Waals surface area contributed by atoms with Crippen LogP contribution in [0.4, 0.5) is 0 Å². The maximum atomic E-state index is 12.3. The van der Waals surface area contributed by atoms with Crippen LogP contribution in [0.5, 0.6) is 5.75 Å². The van der Waals surface area contributed by atoms with Crippen LogP contribution in [0.1, 0.15) is 21.5 Å². The summed E-state index contributed by atoms with van der Waals surface area (Å²) in [6.45, 7) is 0. The molecule has 0 unspecified atom stereocenters. The third-order valence-corrected chi connectivity index (χ3v) is 3.66. The monoisotopic (exact) mass is 306 g/mol. The van der Waals surface area contributed by atoms with Gasteiger partial charge >= 0.3 is 0 Å². The number of hydrogen-bond acceptors (Lipinski definition) is 4. The molecule has 0 radical (unpaired) electrons. The normalized spacial score (nSPS) is 13.5. The van der Waals surface area contributed by atoms with Gasteiger partial charge in [-0.2, -0.15) is 0 Å². The van der Waals surface area contributed by atoms with E-state index in [4.69, 9.17) is 4.74 Å². The van der Waals surface area contributed by atoms with Crippen molar-refractivity contribution in [1.29, 1.82) is 0 Å². The van der Waals surface area contributed by atoms with Crippen LogP contribution in [0, 0.1) is 0 Å². The molecule has 0 aliphatic heterocycles. The number of methoxy groups -OCH3 is 1. The molecule has 0 spiro atoms. The molecule has 0 fully saturated rings. The van der Waals surface area contributed by atoms with E-state index in [2.05, 4.69) is 0 Å². The highest BCUT2D eigenvalue weighted by atomic mass is 16.5. The summed E-state index contributed by atoms with van der Waals surface area (Å²) in [6.07, 6.45) is 2.87. The maximum absolute atomic E-state index is 12.3. The number of carbonyl (C=O) groups excluding carboxylic acids is 2. The quantitative estimate of drug-likeness (QED) is 0.694. The summed E-state index contributed by atoms with van der Waals surface area (Å²) in [5, 5.41) is 10.1. The topological polar surface area (TPSA) is 63.6 Å². The van der Waals surface area contributed by atoms with Crippen molar-refractivity contribution >= 4 is 23.4 Å². The van der Waals surface area contributed by atoms with Gasteiger partial charge in [-0.3, -0.25) is 9.59 Å². The molecule has 0 amide bonds. The maximum Gasteiger partial charge on any atom is 0.201 e.